The number of carbonyl (C=O) groups is 1. The predicted molar refractivity (Wildman–Crippen MR) is 89.9 cm³/mol. The van der Waals surface area contributed by atoms with Crippen LogP contribution in [0.25, 0.3) is 0 Å². The fourth-order valence-electron chi connectivity index (χ4n) is 3.15. The normalized spacial score (nSPS) is 17.8. The zero-order chi connectivity index (χ0) is 15.5. The van der Waals surface area contributed by atoms with Gasteiger partial charge in [0.05, 0.1) is 0 Å². The lowest BCUT2D eigenvalue weighted by atomic mass is 9.91. The van der Waals surface area contributed by atoms with E-state index in [0.717, 1.165) is 24.2 Å². The molecule has 3 rings (SSSR count). The molecule has 2 aromatic carbocycles. The maximum absolute atomic E-state index is 12.4. The molecule has 2 aromatic rings. The van der Waals surface area contributed by atoms with E-state index in [1.165, 1.54) is 11.1 Å². The minimum Gasteiger partial charge on any atom is -0.326 e. The number of aryl methyl sites for hydroxylation is 1. The molecule has 1 amide bonds. The fourth-order valence-corrected chi connectivity index (χ4v) is 3.15. The third-order valence-corrected chi connectivity index (χ3v) is 4.36. The molecule has 0 aliphatic carbocycles. The Kier molecular flexibility index (Phi) is 4.25. The van der Waals surface area contributed by atoms with Gasteiger partial charge < -0.3 is 5.32 Å². The van der Waals surface area contributed by atoms with E-state index in [1.807, 2.05) is 31.2 Å². The molecular formula is C19H22N2O. The number of fused-ring (bicyclic) bond motifs is 1. The number of hydrogen-bond donors (Lipinski definition) is 1. The highest BCUT2D eigenvalue weighted by atomic mass is 16.1. The Morgan fingerprint density at radius 2 is 2.05 bits per heavy atom. The number of hydrogen-bond acceptors (Lipinski definition) is 2. The highest BCUT2D eigenvalue weighted by Crippen LogP contribution is 2.31. The summed E-state index contributed by atoms with van der Waals surface area (Å²) in [5, 5.41) is 3.02. The maximum Gasteiger partial charge on any atom is 0.226 e. The molecule has 3 nitrogen and oxygen atoms in total. The minimum absolute atomic E-state index is 0.0687. The van der Waals surface area contributed by atoms with Crippen molar-refractivity contribution in [1.29, 1.82) is 0 Å². The summed E-state index contributed by atoms with van der Waals surface area (Å²) in [5.74, 6) is 0.0687. The first-order chi connectivity index (χ1) is 10.6. The van der Waals surface area contributed by atoms with E-state index in [1.54, 1.807) is 0 Å². The van der Waals surface area contributed by atoms with Crippen molar-refractivity contribution in [3.63, 3.8) is 0 Å². The first-order valence-electron chi connectivity index (χ1n) is 7.78. The number of carbonyl (C=O) groups excluding carboxylic acids is 1. The Labute approximate surface area is 132 Å². The van der Waals surface area contributed by atoms with Gasteiger partial charge in [0.2, 0.25) is 5.91 Å². The van der Waals surface area contributed by atoms with Crippen molar-refractivity contribution < 1.29 is 4.79 Å². The van der Waals surface area contributed by atoms with Crippen LogP contribution in [0.1, 0.15) is 29.2 Å². The molecule has 0 fully saturated rings. The quantitative estimate of drug-likeness (QED) is 0.939. The second kappa shape index (κ2) is 6.32. The van der Waals surface area contributed by atoms with Crippen LogP contribution in [0.15, 0.2) is 48.5 Å². The number of nitrogens with zero attached hydrogens (tertiary/aromatic N) is 1. The summed E-state index contributed by atoms with van der Waals surface area (Å²) < 4.78 is 0. The Bertz CT molecular complexity index is 681. The molecule has 1 heterocycles. The van der Waals surface area contributed by atoms with Gasteiger partial charge in [0, 0.05) is 24.7 Å². The molecule has 0 radical (unpaired) electrons. The molecule has 1 aliphatic heterocycles. The summed E-state index contributed by atoms with van der Waals surface area (Å²) in [5.41, 5.74) is 4.68. The summed E-state index contributed by atoms with van der Waals surface area (Å²) in [6, 6.07) is 16.5. The largest absolute Gasteiger partial charge is 0.326 e. The van der Waals surface area contributed by atoms with Crippen molar-refractivity contribution in [2.24, 2.45) is 0 Å². The average molecular weight is 294 g/mol. The van der Waals surface area contributed by atoms with Crippen molar-refractivity contribution in [3.8, 4) is 0 Å². The molecule has 0 bridgehead atoms. The van der Waals surface area contributed by atoms with Crippen LogP contribution in [0, 0.1) is 6.92 Å². The predicted octanol–water partition coefficient (Wildman–Crippen LogP) is 3.55. The zero-order valence-electron chi connectivity index (χ0n) is 13.2. The topological polar surface area (TPSA) is 32.3 Å². The zero-order valence-corrected chi connectivity index (χ0v) is 13.2. The lowest BCUT2D eigenvalue weighted by molar-refractivity contribution is -0.117. The number of benzene rings is 2. The van der Waals surface area contributed by atoms with Crippen LogP contribution in [-0.4, -0.2) is 24.4 Å². The lowest BCUT2D eigenvalue weighted by Crippen LogP contribution is -2.34. The summed E-state index contributed by atoms with van der Waals surface area (Å²) in [7, 11) is 2.10. The first-order valence-corrected chi connectivity index (χ1v) is 7.78. The van der Waals surface area contributed by atoms with E-state index in [-0.39, 0.29) is 11.9 Å². The molecule has 0 saturated carbocycles. The van der Waals surface area contributed by atoms with E-state index in [4.69, 9.17) is 0 Å². The average Bonchev–Trinajstić information content (AvgIpc) is 2.50. The minimum atomic E-state index is 0.0687. The summed E-state index contributed by atoms with van der Waals surface area (Å²) in [6.07, 6.45) is 1.55. The van der Waals surface area contributed by atoms with Crippen LogP contribution in [0.3, 0.4) is 0 Å². The summed E-state index contributed by atoms with van der Waals surface area (Å²) >= 11 is 0. The lowest BCUT2D eigenvalue weighted by Gasteiger charge is -2.34. The van der Waals surface area contributed by atoms with Gasteiger partial charge in [-0.25, -0.2) is 0 Å². The van der Waals surface area contributed by atoms with Gasteiger partial charge in [0.1, 0.15) is 0 Å². The van der Waals surface area contributed by atoms with Crippen molar-refractivity contribution in [1.82, 2.24) is 4.90 Å². The number of amides is 1. The SMILES string of the molecule is Cc1cccc(NC(=O)CC2c3ccccc3CCN2C)c1. The fraction of sp³-hybridized carbons (Fsp3) is 0.316. The van der Waals surface area contributed by atoms with Gasteiger partial charge in [-0.15, -0.1) is 0 Å². The molecule has 0 saturated heterocycles. The standard InChI is InChI=1S/C19H22N2O/c1-14-6-5-8-16(12-14)20-19(22)13-18-17-9-4-3-7-15(17)10-11-21(18)2/h3-9,12,18H,10-11,13H2,1-2H3,(H,20,22). The highest BCUT2D eigenvalue weighted by Gasteiger charge is 2.26. The monoisotopic (exact) mass is 294 g/mol. The molecule has 1 aliphatic rings. The van der Waals surface area contributed by atoms with Gasteiger partial charge in [0.25, 0.3) is 0 Å². The van der Waals surface area contributed by atoms with Crippen LogP contribution >= 0.6 is 0 Å². The van der Waals surface area contributed by atoms with Gasteiger partial charge in [-0.05, 0) is 49.2 Å². The number of anilines is 1. The molecular weight excluding hydrogens is 272 g/mol. The molecule has 114 valence electrons. The second-order valence-corrected chi connectivity index (χ2v) is 6.07. The molecule has 22 heavy (non-hydrogen) atoms. The van der Waals surface area contributed by atoms with E-state index in [9.17, 15) is 4.79 Å². The van der Waals surface area contributed by atoms with Gasteiger partial charge in [0.15, 0.2) is 0 Å². The van der Waals surface area contributed by atoms with E-state index in [2.05, 4.69) is 41.5 Å². The molecule has 1 N–H and O–H groups in total. The number of rotatable bonds is 3. The molecule has 0 aromatic heterocycles. The third-order valence-electron chi connectivity index (χ3n) is 4.36. The molecule has 3 heteroatoms. The Hall–Kier alpha value is -2.13. The van der Waals surface area contributed by atoms with Crippen molar-refractivity contribution >= 4 is 11.6 Å². The summed E-state index contributed by atoms with van der Waals surface area (Å²) in [4.78, 5) is 14.7. The smallest absolute Gasteiger partial charge is 0.226 e. The highest BCUT2D eigenvalue weighted by molar-refractivity contribution is 5.91. The van der Waals surface area contributed by atoms with Crippen LogP contribution in [0.4, 0.5) is 5.69 Å². The van der Waals surface area contributed by atoms with Crippen LogP contribution in [0.5, 0.6) is 0 Å². The van der Waals surface area contributed by atoms with Gasteiger partial charge >= 0.3 is 0 Å². The van der Waals surface area contributed by atoms with Gasteiger partial charge in [-0.3, -0.25) is 9.69 Å². The summed E-state index contributed by atoms with van der Waals surface area (Å²) in [6.45, 7) is 3.03. The number of likely N-dealkylation sites (N-methyl/N-ethyl adjacent to an activating group) is 1. The molecule has 0 spiro atoms. The van der Waals surface area contributed by atoms with Crippen LogP contribution < -0.4 is 5.32 Å². The Morgan fingerprint density at radius 1 is 1.23 bits per heavy atom. The van der Waals surface area contributed by atoms with E-state index >= 15 is 0 Å². The van der Waals surface area contributed by atoms with Crippen LogP contribution in [0.2, 0.25) is 0 Å². The molecule has 1 atom stereocenters. The second-order valence-electron chi connectivity index (χ2n) is 6.07. The Morgan fingerprint density at radius 3 is 2.86 bits per heavy atom. The third kappa shape index (κ3) is 3.20. The molecule has 1 unspecified atom stereocenters. The van der Waals surface area contributed by atoms with Crippen molar-refractivity contribution in [2.45, 2.75) is 25.8 Å². The Balaban J connectivity index is 1.73. The van der Waals surface area contributed by atoms with E-state index in [0.29, 0.717) is 6.42 Å². The van der Waals surface area contributed by atoms with Crippen molar-refractivity contribution in [3.05, 3.63) is 65.2 Å². The maximum atomic E-state index is 12.4. The van der Waals surface area contributed by atoms with E-state index < -0.39 is 0 Å². The number of nitrogens with one attached hydrogen (secondary N) is 1. The van der Waals surface area contributed by atoms with Crippen LogP contribution in [-0.2, 0) is 11.2 Å². The van der Waals surface area contributed by atoms with Gasteiger partial charge in [-0.1, -0.05) is 36.4 Å². The van der Waals surface area contributed by atoms with Gasteiger partial charge in [-0.2, -0.15) is 0 Å². The van der Waals surface area contributed by atoms with Crippen molar-refractivity contribution in [2.75, 3.05) is 18.9 Å². The first kappa shape index (κ1) is 14.8.